The van der Waals surface area contributed by atoms with Gasteiger partial charge in [-0.05, 0) is 53.1 Å². The van der Waals surface area contributed by atoms with Crippen molar-refractivity contribution in [2.75, 3.05) is 18.4 Å². The van der Waals surface area contributed by atoms with E-state index in [9.17, 15) is 4.79 Å². The maximum atomic E-state index is 12.7. The molecule has 2 atom stereocenters. The zero-order valence-electron chi connectivity index (χ0n) is 15.5. The number of carbonyl (C=O) groups is 1. The van der Waals surface area contributed by atoms with Gasteiger partial charge in [0.1, 0.15) is 5.82 Å². The van der Waals surface area contributed by atoms with E-state index in [1.54, 1.807) is 6.20 Å². The average molecular weight is 344 g/mol. The molecule has 1 aliphatic rings. The van der Waals surface area contributed by atoms with Crippen molar-refractivity contribution in [2.45, 2.75) is 58.5 Å². The fraction of sp³-hybridized carbons (Fsp3) is 0.611. The number of H-pyrrole nitrogens is 1. The largest absolute Gasteiger partial charge is 0.310 e. The number of likely N-dealkylation sites (tertiary alicyclic amines) is 1. The number of aryl methyl sites for hydroxylation is 1. The molecular formula is C18H28N6O. The van der Waals surface area contributed by atoms with Gasteiger partial charge in [0.2, 0.25) is 5.91 Å². The molecule has 2 aromatic rings. The van der Waals surface area contributed by atoms with E-state index in [2.05, 4.69) is 31.6 Å². The van der Waals surface area contributed by atoms with Crippen LogP contribution in [-0.2, 0) is 4.79 Å². The van der Waals surface area contributed by atoms with Crippen LogP contribution in [0.3, 0.4) is 0 Å². The molecule has 0 radical (unpaired) electrons. The van der Waals surface area contributed by atoms with Crippen LogP contribution in [0.15, 0.2) is 18.3 Å². The molecule has 3 rings (SSSR count). The lowest BCUT2D eigenvalue weighted by atomic mass is 9.93. The minimum absolute atomic E-state index is 0.0151. The minimum Gasteiger partial charge on any atom is -0.310 e. The monoisotopic (exact) mass is 344 g/mol. The summed E-state index contributed by atoms with van der Waals surface area (Å²) in [6.45, 7) is 9.90. The molecule has 1 amide bonds. The normalized spacial score (nSPS) is 20.0. The van der Waals surface area contributed by atoms with Crippen LogP contribution in [0.2, 0.25) is 0 Å². The summed E-state index contributed by atoms with van der Waals surface area (Å²) in [6, 6.07) is 3.98. The van der Waals surface area contributed by atoms with E-state index in [-0.39, 0.29) is 18.0 Å². The van der Waals surface area contributed by atoms with E-state index < -0.39 is 0 Å². The average Bonchev–Trinajstić information content (AvgIpc) is 3.23. The maximum Gasteiger partial charge on any atom is 0.242 e. The number of anilines is 1. The summed E-state index contributed by atoms with van der Waals surface area (Å²) < 4.78 is 1.83. The van der Waals surface area contributed by atoms with Crippen molar-refractivity contribution in [3.05, 3.63) is 29.7 Å². The standard InChI is InChI=1S/C18H28N6O/c1-12(2)24-17(7-8-19-24)20-18(25)14(4)23-9-5-6-15(11-23)16-10-13(3)21-22-16/h7-8,10,12,14-15H,5-6,9,11H2,1-4H3,(H,20,25)(H,21,22)/t14-,15-/m1/s1. The Balaban J connectivity index is 1.64. The van der Waals surface area contributed by atoms with Crippen molar-refractivity contribution in [2.24, 2.45) is 0 Å². The number of hydrogen-bond donors (Lipinski definition) is 2. The third-order valence-corrected chi connectivity index (χ3v) is 4.93. The summed E-state index contributed by atoms with van der Waals surface area (Å²) in [4.78, 5) is 15.0. The Morgan fingerprint density at radius 1 is 1.40 bits per heavy atom. The highest BCUT2D eigenvalue weighted by atomic mass is 16.2. The Morgan fingerprint density at radius 2 is 2.20 bits per heavy atom. The van der Waals surface area contributed by atoms with Crippen molar-refractivity contribution in [1.82, 2.24) is 24.9 Å². The van der Waals surface area contributed by atoms with Gasteiger partial charge in [-0.15, -0.1) is 0 Å². The summed E-state index contributed by atoms with van der Waals surface area (Å²) in [5, 5.41) is 14.7. The van der Waals surface area contributed by atoms with E-state index in [0.717, 1.165) is 43.1 Å². The van der Waals surface area contributed by atoms with Crippen molar-refractivity contribution in [3.8, 4) is 0 Å². The molecule has 1 aliphatic heterocycles. The molecule has 0 unspecified atom stereocenters. The van der Waals surface area contributed by atoms with E-state index in [4.69, 9.17) is 0 Å². The predicted octanol–water partition coefficient (Wildman–Crippen LogP) is 2.70. The summed E-state index contributed by atoms with van der Waals surface area (Å²) in [5.74, 6) is 1.15. The van der Waals surface area contributed by atoms with Gasteiger partial charge in [0.25, 0.3) is 0 Å². The molecule has 0 aromatic carbocycles. The molecule has 7 heteroatoms. The molecule has 0 saturated carbocycles. The second kappa shape index (κ2) is 7.39. The molecular weight excluding hydrogens is 316 g/mol. The van der Waals surface area contributed by atoms with Gasteiger partial charge >= 0.3 is 0 Å². The van der Waals surface area contributed by atoms with Crippen LogP contribution in [0.25, 0.3) is 0 Å². The number of piperidine rings is 1. The van der Waals surface area contributed by atoms with Gasteiger partial charge in [0, 0.05) is 30.3 Å². The van der Waals surface area contributed by atoms with Crippen LogP contribution in [0.4, 0.5) is 5.82 Å². The van der Waals surface area contributed by atoms with Crippen LogP contribution in [0.1, 0.15) is 57.0 Å². The van der Waals surface area contributed by atoms with Gasteiger partial charge in [-0.2, -0.15) is 10.2 Å². The molecule has 2 aromatic heterocycles. The zero-order valence-corrected chi connectivity index (χ0v) is 15.5. The molecule has 7 nitrogen and oxygen atoms in total. The quantitative estimate of drug-likeness (QED) is 0.874. The second-order valence-corrected chi connectivity index (χ2v) is 7.23. The molecule has 3 heterocycles. The Morgan fingerprint density at radius 3 is 2.88 bits per heavy atom. The molecule has 0 aliphatic carbocycles. The molecule has 0 bridgehead atoms. The van der Waals surface area contributed by atoms with Crippen molar-refractivity contribution in [1.29, 1.82) is 0 Å². The maximum absolute atomic E-state index is 12.7. The van der Waals surface area contributed by atoms with Crippen LogP contribution in [0, 0.1) is 6.92 Å². The summed E-state index contributed by atoms with van der Waals surface area (Å²) in [7, 11) is 0. The highest BCUT2D eigenvalue weighted by Gasteiger charge is 2.29. The smallest absolute Gasteiger partial charge is 0.242 e. The first-order valence-electron chi connectivity index (χ1n) is 9.06. The lowest BCUT2D eigenvalue weighted by molar-refractivity contribution is -0.121. The Bertz CT molecular complexity index is 719. The number of amides is 1. The Kier molecular flexibility index (Phi) is 5.22. The van der Waals surface area contributed by atoms with E-state index in [1.807, 2.05) is 38.4 Å². The van der Waals surface area contributed by atoms with Gasteiger partial charge in [0.05, 0.1) is 17.9 Å². The number of nitrogens with zero attached hydrogens (tertiary/aromatic N) is 4. The fourth-order valence-corrected chi connectivity index (χ4v) is 3.47. The third-order valence-electron chi connectivity index (χ3n) is 4.93. The molecule has 0 spiro atoms. The first-order chi connectivity index (χ1) is 12.0. The topological polar surface area (TPSA) is 78.8 Å². The summed E-state index contributed by atoms with van der Waals surface area (Å²) >= 11 is 0. The Labute approximate surface area is 148 Å². The van der Waals surface area contributed by atoms with Gasteiger partial charge in [-0.25, -0.2) is 4.68 Å². The first kappa shape index (κ1) is 17.7. The fourth-order valence-electron chi connectivity index (χ4n) is 3.47. The molecule has 2 N–H and O–H groups in total. The number of carbonyl (C=O) groups excluding carboxylic acids is 1. The van der Waals surface area contributed by atoms with Gasteiger partial charge in [-0.1, -0.05) is 0 Å². The number of nitrogens with one attached hydrogen (secondary N) is 2. The van der Waals surface area contributed by atoms with Crippen LogP contribution < -0.4 is 5.32 Å². The molecule has 1 fully saturated rings. The highest BCUT2D eigenvalue weighted by Crippen LogP contribution is 2.27. The SMILES string of the molecule is Cc1cc([C@@H]2CCCN([C@H](C)C(=O)Nc3ccnn3C(C)C)C2)n[nH]1. The van der Waals surface area contributed by atoms with Crippen molar-refractivity contribution in [3.63, 3.8) is 0 Å². The van der Waals surface area contributed by atoms with Crippen molar-refractivity contribution < 1.29 is 4.79 Å². The number of rotatable bonds is 5. The predicted molar refractivity (Wildman–Crippen MR) is 97.6 cm³/mol. The van der Waals surface area contributed by atoms with E-state index in [0.29, 0.717) is 5.92 Å². The highest BCUT2D eigenvalue weighted by molar-refractivity contribution is 5.93. The van der Waals surface area contributed by atoms with Gasteiger partial charge in [-0.3, -0.25) is 14.8 Å². The van der Waals surface area contributed by atoms with Crippen LogP contribution in [0.5, 0.6) is 0 Å². The summed E-state index contributed by atoms with van der Waals surface area (Å²) in [5.41, 5.74) is 2.19. The third kappa shape index (κ3) is 3.92. The number of aromatic amines is 1. The number of aromatic nitrogens is 4. The lowest BCUT2D eigenvalue weighted by Crippen LogP contribution is -2.46. The van der Waals surface area contributed by atoms with Gasteiger partial charge < -0.3 is 5.32 Å². The first-order valence-corrected chi connectivity index (χ1v) is 9.06. The molecule has 136 valence electrons. The van der Waals surface area contributed by atoms with Crippen molar-refractivity contribution >= 4 is 11.7 Å². The summed E-state index contributed by atoms with van der Waals surface area (Å²) in [6.07, 6.45) is 3.92. The number of hydrogen-bond acceptors (Lipinski definition) is 4. The van der Waals surface area contributed by atoms with Crippen LogP contribution >= 0.6 is 0 Å². The second-order valence-electron chi connectivity index (χ2n) is 7.23. The Hall–Kier alpha value is -2.15. The van der Waals surface area contributed by atoms with E-state index >= 15 is 0 Å². The van der Waals surface area contributed by atoms with E-state index in [1.165, 1.54) is 0 Å². The lowest BCUT2D eigenvalue weighted by Gasteiger charge is -2.35. The van der Waals surface area contributed by atoms with Gasteiger partial charge in [0.15, 0.2) is 0 Å². The molecule has 1 saturated heterocycles. The molecule has 25 heavy (non-hydrogen) atoms. The minimum atomic E-state index is -0.182. The zero-order chi connectivity index (χ0) is 18.0. The van der Waals surface area contributed by atoms with Crippen LogP contribution in [-0.4, -0.2) is 49.9 Å².